The van der Waals surface area contributed by atoms with E-state index in [-0.39, 0.29) is 5.56 Å². The SMILES string of the molecule is CCCOc1ccc(=O)n(Cc2ccc(Cl)cc2)c1. The van der Waals surface area contributed by atoms with Crippen molar-refractivity contribution < 1.29 is 4.74 Å². The zero-order valence-electron chi connectivity index (χ0n) is 10.8. The molecule has 0 amide bonds. The number of nitrogens with zero attached hydrogens (tertiary/aromatic N) is 1. The van der Waals surface area contributed by atoms with Crippen LogP contribution in [0.15, 0.2) is 47.4 Å². The first-order valence-corrected chi connectivity index (χ1v) is 6.64. The van der Waals surface area contributed by atoms with E-state index in [1.807, 2.05) is 31.2 Å². The third kappa shape index (κ3) is 3.86. The second kappa shape index (κ2) is 6.43. The monoisotopic (exact) mass is 277 g/mol. The van der Waals surface area contributed by atoms with Gasteiger partial charge in [0.15, 0.2) is 0 Å². The number of aromatic nitrogens is 1. The topological polar surface area (TPSA) is 31.2 Å². The second-order valence-corrected chi connectivity index (χ2v) is 4.74. The molecule has 1 aromatic carbocycles. The number of halogens is 1. The number of rotatable bonds is 5. The maximum atomic E-state index is 11.8. The Hall–Kier alpha value is -1.74. The van der Waals surface area contributed by atoms with E-state index in [4.69, 9.17) is 16.3 Å². The lowest BCUT2D eigenvalue weighted by Gasteiger charge is -2.09. The van der Waals surface area contributed by atoms with Crippen molar-refractivity contribution in [3.05, 3.63) is 63.5 Å². The first-order chi connectivity index (χ1) is 9.19. The minimum absolute atomic E-state index is 0.0428. The van der Waals surface area contributed by atoms with E-state index in [0.717, 1.165) is 17.7 Å². The van der Waals surface area contributed by atoms with E-state index in [1.54, 1.807) is 16.8 Å². The number of hydrogen-bond acceptors (Lipinski definition) is 2. The van der Waals surface area contributed by atoms with Gasteiger partial charge in [0.1, 0.15) is 5.75 Å². The molecule has 0 aliphatic rings. The predicted molar refractivity (Wildman–Crippen MR) is 77.0 cm³/mol. The number of pyridine rings is 1. The van der Waals surface area contributed by atoms with Crippen LogP contribution in [0.2, 0.25) is 5.02 Å². The Morgan fingerprint density at radius 1 is 1.16 bits per heavy atom. The Balaban J connectivity index is 2.18. The first kappa shape index (κ1) is 13.7. The molecule has 0 atom stereocenters. The maximum Gasteiger partial charge on any atom is 0.251 e. The molecule has 0 bridgehead atoms. The summed E-state index contributed by atoms with van der Waals surface area (Å²) in [6.45, 7) is 3.21. The lowest BCUT2D eigenvalue weighted by Crippen LogP contribution is -2.19. The molecular formula is C15H16ClNO2. The van der Waals surface area contributed by atoms with Gasteiger partial charge in [-0.15, -0.1) is 0 Å². The summed E-state index contributed by atoms with van der Waals surface area (Å²) < 4.78 is 7.16. The van der Waals surface area contributed by atoms with Crippen LogP contribution in [0, 0.1) is 0 Å². The number of benzene rings is 1. The second-order valence-electron chi connectivity index (χ2n) is 4.31. The van der Waals surface area contributed by atoms with Crippen LogP contribution in [-0.2, 0) is 6.54 Å². The van der Waals surface area contributed by atoms with Gasteiger partial charge < -0.3 is 9.30 Å². The molecule has 0 aliphatic carbocycles. The number of hydrogen-bond donors (Lipinski definition) is 0. The summed E-state index contributed by atoms with van der Waals surface area (Å²) in [5.41, 5.74) is 0.984. The van der Waals surface area contributed by atoms with E-state index in [0.29, 0.717) is 18.2 Å². The van der Waals surface area contributed by atoms with Crippen LogP contribution in [-0.4, -0.2) is 11.2 Å². The van der Waals surface area contributed by atoms with E-state index in [2.05, 4.69) is 0 Å². The Morgan fingerprint density at radius 3 is 2.58 bits per heavy atom. The van der Waals surface area contributed by atoms with E-state index < -0.39 is 0 Å². The van der Waals surface area contributed by atoms with Crippen LogP contribution in [0.4, 0.5) is 0 Å². The Bertz CT molecular complexity index is 590. The molecule has 0 unspecified atom stereocenters. The lowest BCUT2D eigenvalue weighted by atomic mass is 10.2. The van der Waals surface area contributed by atoms with Crippen molar-refractivity contribution in [3.63, 3.8) is 0 Å². The fourth-order valence-electron chi connectivity index (χ4n) is 1.72. The van der Waals surface area contributed by atoms with Crippen molar-refractivity contribution in [1.29, 1.82) is 0 Å². The summed E-state index contributed by atoms with van der Waals surface area (Å²) in [7, 11) is 0. The van der Waals surface area contributed by atoms with Crippen LogP contribution in [0.1, 0.15) is 18.9 Å². The Kier molecular flexibility index (Phi) is 4.63. The van der Waals surface area contributed by atoms with Gasteiger partial charge in [0, 0.05) is 17.3 Å². The fraction of sp³-hybridized carbons (Fsp3) is 0.267. The summed E-state index contributed by atoms with van der Waals surface area (Å²) in [5, 5.41) is 0.691. The summed E-state index contributed by atoms with van der Waals surface area (Å²) in [5.74, 6) is 0.718. The van der Waals surface area contributed by atoms with Gasteiger partial charge >= 0.3 is 0 Å². The minimum atomic E-state index is -0.0428. The van der Waals surface area contributed by atoms with Crippen LogP contribution >= 0.6 is 11.6 Å². The molecule has 19 heavy (non-hydrogen) atoms. The van der Waals surface area contributed by atoms with Crippen LogP contribution in [0.3, 0.4) is 0 Å². The molecule has 0 spiro atoms. The maximum absolute atomic E-state index is 11.8. The van der Waals surface area contributed by atoms with E-state index >= 15 is 0 Å². The van der Waals surface area contributed by atoms with Crippen LogP contribution in [0.25, 0.3) is 0 Å². The van der Waals surface area contributed by atoms with E-state index in [1.165, 1.54) is 6.07 Å². The largest absolute Gasteiger partial charge is 0.492 e. The van der Waals surface area contributed by atoms with Crippen molar-refractivity contribution >= 4 is 11.6 Å². The molecule has 0 aliphatic heterocycles. The van der Waals surface area contributed by atoms with Gasteiger partial charge in [-0.2, -0.15) is 0 Å². The van der Waals surface area contributed by atoms with Gasteiger partial charge in [0.2, 0.25) is 0 Å². The predicted octanol–water partition coefficient (Wildman–Crippen LogP) is 3.34. The normalized spacial score (nSPS) is 10.4. The first-order valence-electron chi connectivity index (χ1n) is 6.27. The summed E-state index contributed by atoms with van der Waals surface area (Å²) >= 11 is 5.84. The molecule has 2 rings (SSSR count). The van der Waals surface area contributed by atoms with Gasteiger partial charge in [-0.3, -0.25) is 4.79 Å². The Morgan fingerprint density at radius 2 is 1.89 bits per heavy atom. The minimum Gasteiger partial charge on any atom is -0.492 e. The molecule has 0 N–H and O–H groups in total. The van der Waals surface area contributed by atoms with Gasteiger partial charge in [0.25, 0.3) is 5.56 Å². The van der Waals surface area contributed by atoms with Crippen molar-refractivity contribution in [2.75, 3.05) is 6.61 Å². The third-order valence-corrected chi connectivity index (χ3v) is 2.95. The van der Waals surface area contributed by atoms with E-state index in [9.17, 15) is 4.79 Å². The number of ether oxygens (including phenoxy) is 1. The highest BCUT2D eigenvalue weighted by Crippen LogP contribution is 2.12. The summed E-state index contributed by atoms with van der Waals surface area (Å²) in [6.07, 6.45) is 2.68. The van der Waals surface area contributed by atoms with Gasteiger partial charge in [0.05, 0.1) is 13.2 Å². The third-order valence-electron chi connectivity index (χ3n) is 2.70. The van der Waals surface area contributed by atoms with Crippen molar-refractivity contribution in [3.8, 4) is 5.75 Å². The highest BCUT2D eigenvalue weighted by molar-refractivity contribution is 6.30. The molecule has 0 saturated carbocycles. The molecule has 0 fully saturated rings. The highest BCUT2D eigenvalue weighted by Gasteiger charge is 2.01. The van der Waals surface area contributed by atoms with Gasteiger partial charge in [-0.05, 0) is 30.2 Å². The van der Waals surface area contributed by atoms with Crippen molar-refractivity contribution in [2.24, 2.45) is 0 Å². The molecule has 1 aromatic heterocycles. The molecule has 4 heteroatoms. The Labute approximate surface area is 117 Å². The van der Waals surface area contributed by atoms with Crippen LogP contribution in [0.5, 0.6) is 5.75 Å². The molecule has 3 nitrogen and oxygen atoms in total. The molecule has 100 valence electrons. The molecule has 1 heterocycles. The lowest BCUT2D eigenvalue weighted by molar-refractivity contribution is 0.314. The molecule has 0 radical (unpaired) electrons. The molecule has 0 saturated heterocycles. The standard InChI is InChI=1S/C15H16ClNO2/c1-2-9-19-14-7-8-15(18)17(11-14)10-12-3-5-13(16)6-4-12/h3-8,11H,2,9-10H2,1H3. The van der Waals surface area contributed by atoms with Crippen LogP contribution < -0.4 is 10.3 Å². The highest BCUT2D eigenvalue weighted by atomic mass is 35.5. The zero-order chi connectivity index (χ0) is 13.7. The quantitative estimate of drug-likeness (QED) is 0.839. The summed E-state index contributed by atoms with van der Waals surface area (Å²) in [4.78, 5) is 11.8. The average molecular weight is 278 g/mol. The van der Waals surface area contributed by atoms with Gasteiger partial charge in [-0.1, -0.05) is 30.7 Å². The van der Waals surface area contributed by atoms with Crippen molar-refractivity contribution in [2.45, 2.75) is 19.9 Å². The smallest absolute Gasteiger partial charge is 0.251 e. The molecule has 2 aromatic rings. The average Bonchev–Trinajstić information content (AvgIpc) is 2.42. The van der Waals surface area contributed by atoms with Crippen molar-refractivity contribution in [1.82, 2.24) is 4.57 Å². The summed E-state index contributed by atoms with van der Waals surface area (Å²) in [6, 6.07) is 10.7. The fourth-order valence-corrected chi connectivity index (χ4v) is 1.85. The van der Waals surface area contributed by atoms with Gasteiger partial charge in [-0.25, -0.2) is 0 Å². The zero-order valence-corrected chi connectivity index (χ0v) is 11.6. The molecular weight excluding hydrogens is 262 g/mol.